The van der Waals surface area contributed by atoms with Crippen LogP contribution in [0.3, 0.4) is 0 Å². The Kier molecular flexibility index (Phi) is 5.24. The molecule has 2 heterocycles. The molecule has 0 amide bonds. The number of hydrogen-bond donors (Lipinski definition) is 1. The Morgan fingerprint density at radius 1 is 1.13 bits per heavy atom. The van der Waals surface area contributed by atoms with Crippen molar-refractivity contribution in [3.8, 4) is 21.9 Å². The number of aryl methyl sites for hydroxylation is 1. The van der Waals surface area contributed by atoms with E-state index in [9.17, 15) is 20.0 Å². The molecular formula is C23H20N2O5S. The second kappa shape index (κ2) is 7.88. The first-order valence-corrected chi connectivity index (χ1v) is 10.5. The van der Waals surface area contributed by atoms with Gasteiger partial charge in [0.05, 0.1) is 26.9 Å². The monoisotopic (exact) mass is 436 g/mol. The Bertz CT molecular complexity index is 1300. The first-order chi connectivity index (χ1) is 14.7. The van der Waals surface area contributed by atoms with E-state index >= 15 is 0 Å². The normalized spacial score (nSPS) is 11.2. The van der Waals surface area contributed by atoms with Crippen molar-refractivity contribution in [3.63, 3.8) is 0 Å². The highest BCUT2D eigenvalue weighted by Crippen LogP contribution is 2.38. The fourth-order valence-corrected chi connectivity index (χ4v) is 4.56. The second-order valence-corrected chi connectivity index (χ2v) is 8.53. The minimum Gasteiger partial charge on any atom is -0.491 e. The fourth-order valence-electron chi connectivity index (χ4n) is 3.47. The third-order valence-electron chi connectivity index (χ3n) is 4.87. The van der Waals surface area contributed by atoms with Crippen LogP contribution in [0.4, 0.5) is 5.69 Å². The molecule has 0 fully saturated rings. The molecule has 1 N–H and O–H groups in total. The average Bonchev–Trinajstić information content (AvgIpc) is 3.26. The van der Waals surface area contributed by atoms with E-state index in [4.69, 9.17) is 4.74 Å². The highest BCUT2D eigenvalue weighted by molar-refractivity contribution is 7.22. The molecule has 7 nitrogen and oxygen atoms in total. The Labute approximate surface area is 182 Å². The molecule has 0 aliphatic heterocycles. The van der Waals surface area contributed by atoms with Gasteiger partial charge in [-0.05, 0) is 68.8 Å². The van der Waals surface area contributed by atoms with Crippen LogP contribution in [0.1, 0.15) is 29.9 Å². The van der Waals surface area contributed by atoms with Gasteiger partial charge in [-0.2, -0.15) is 0 Å². The number of aromatic nitrogens is 1. The summed E-state index contributed by atoms with van der Waals surface area (Å²) in [5.41, 5.74) is 2.64. The Morgan fingerprint density at radius 3 is 2.45 bits per heavy atom. The first kappa shape index (κ1) is 20.6. The molecule has 2 aromatic heterocycles. The maximum Gasteiger partial charge on any atom is 0.352 e. The predicted octanol–water partition coefficient (Wildman–Crippen LogP) is 6.06. The van der Waals surface area contributed by atoms with Crippen molar-refractivity contribution < 1.29 is 19.6 Å². The van der Waals surface area contributed by atoms with Crippen molar-refractivity contribution in [2.24, 2.45) is 0 Å². The topological polar surface area (TPSA) is 94.6 Å². The van der Waals surface area contributed by atoms with Gasteiger partial charge < -0.3 is 14.4 Å². The smallest absolute Gasteiger partial charge is 0.352 e. The molecule has 158 valence electrons. The number of rotatable bonds is 6. The quantitative estimate of drug-likeness (QED) is 0.293. The number of carboxylic acids is 1. The number of nitrogens with zero attached hydrogens (tertiary/aromatic N) is 2. The zero-order valence-corrected chi connectivity index (χ0v) is 18.0. The predicted molar refractivity (Wildman–Crippen MR) is 121 cm³/mol. The lowest BCUT2D eigenvalue weighted by molar-refractivity contribution is -0.385. The molecule has 4 aromatic rings. The molecule has 0 bridgehead atoms. The third-order valence-corrected chi connectivity index (χ3v) is 5.99. The molecule has 0 aliphatic carbocycles. The molecule has 0 spiro atoms. The Morgan fingerprint density at radius 2 is 1.84 bits per heavy atom. The Hall–Kier alpha value is -3.65. The molecule has 8 heteroatoms. The lowest BCUT2D eigenvalue weighted by Crippen LogP contribution is -2.07. The van der Waals surface area contributed by atoms with E-state index in [1.54, 1.807) is 29.7 Å². The molecule has 4 rings (SSSR count). The van der Waals surface area contributed by atoms with Gasteiger partial charge in [0.1, 0.15) is 11.4 Å². The maximum absolute atomic E-state index is 11.9. The second-order valence-electron chi connectivity index (χ2n) is 7.45. The number of benzene rings is 2. The lowest BCUT2D eigenvalue weighted by Gasteiger charge is -2.10. The standard InChI is InChI=1S/C23H20N2O5S/c1-13(2)30-17-8-5-15(6-9-17)21-11-19-22(31-21)12-20(23(26)27)24(19)16-7-4-14(3)18(10-16)25(28)29/h4-13H,1-3H3,(H,26,27). The average molecular weight is 436 g/mol. The summed E-state index contributed by atoms with van der Waals surface area (Å²) in [5.74, 6) is -0.312. The van der Waals surface area contributed by atoms with Gasteiger partial charge in [-0.15, -0.1) is 11.3 Å². The van der Waals surface area contributed by atoms with E-state index in [-0.39, 0.29) is 17.5 Å². The van der Waals surface area contributed by atoms with Crippen LogP contribution in [0.25, 0.3) is 26.3 Å². The van der Waals surface area contributed by atoms with Gasteiger partial charge in [0.25, 0.3) is 5.69 Å². The minimum absolute atomic E-state index is 0.0492. The van der Waals surface area contributed by atoms with E-state index < -0.39 is 10.9 Å². The van der Waals surface area contributed by atoms with E-state index in [1.807, 2.05) is 44.2 Å². The molecule has 0 radical (unpaired) electrons. The van der Waals surface area contributed by atoms with Crippen molar-refractivity contribution in [3.05, 3.63) is 76.0 Å². The maximum atomic E-state index is 11.9. The van der Waals surface area contributed by atoms with Gasteiger partial charge in [0.15, 0.2) is 0 Å². The number of carboxylic acid groups (broad SMARTS) is 1. The number of fused-ring (bicyclic) bond motifs is 1. The summed E-state index contributed by atoms with van der Waals surface area (Å²) in [4.78, 5) is 23.8. The molecular weight excluding hydrogens is 416 g/mol. The Balaban J connectivity index is 1.83. The summed E-state index contributed by atoms with van der Waals surface area (Å²) >= 11 is 1.47. The number of hydrogen-bond acceptors (Lipinski definition) is 5. The highest BCUT2D eigenvalue weighted by atomic mass is 32.1. The van der Waals surface area contributed by atoms with Crippen molar-refractivity contribution in [1.82, 2.24) is 4.57 Å². The van der Waals surface area contributed by atoms with E-state index in [0.717, 1.165) is 20.9 Å². The van der Waals surface area contributed by atoms with Gasteiger partial charge >= 0.3 is 5.97 Å². The number of ether oxygens (including phenoxy) is 1. The highest BCUT2D eigenvalue weighted by Gasteiger charge is 2.21. The zero-order valence-electron chi connectivity index (χ0n) is 17.2. The summed E-state index contributed by atoms with van der Waals surface area (Å²) < 4.78 is 8.03. The van der Waals surface area contributed by atoms with Crippen molar-refractivity contribution in [1.29, 1.82) is 0 Å². The van der Waals surface area contributed by atoms with Crippen LogP contribution in [-0.2, 0) is 0 Å². The van der Waals surface area contributed by atoms with E-state index in [0.29, 0.717) is 16.8 Å². The van der Waals surface area contributed by atoms with Crippen molar-refractivity contribution in [2.45, 2.75) is 26.9 Å². The van der Waals surface area contributed by atoms with E-state index in [2.05, 4.69) is 0 Å². The number of nitro benzene ring substituents is 1. The summed E-state index contributed by atoms with van der Waals surface area (Å²) in [6, 6.07) is 16.0. The molecule has 0 saturated carbocycles. The van der Waals surface area contributed by atoms with Crippen LogP contribution in [0.2, 0.25) is 0 Å². The summed E-state index contributed by atoms with van der Waals surface area (Å²) in [5, 5.41) is 21.1. The number of nitro groups is 1. The number of carbonyl (C=O) groups is 1. The van der Waals surface area contributed by atoms with Crippen LogP contribution in [0.5, 0.6) is 5.75 Å². The number of aromatic carboxylic acids is 1. The molecule has 0 atom stereocenters. The minimum atomic E-state index is -1.09. The molecule has 0 unspecified atom stereocenters. The van der Waals surface area contributed by atoms with E-state index in [1.165, 1.54) is 17.4 Å². The molecule has 31 heavy (non-hydrogen) atoms. The van der Waals surface area contributed by atoms with Crippen molar-refractivity contribution in [2.75, 3.05) is 0 Å². The van der Waals surface area contributed by atoms with Crippen LogP contribution in [0, 0.1) is 17.0 Å². The zero-order chi connectivity index (χ0) is 22.3. The van der Waals surface area contributed by atoms with Gasteiger partial charge in [0, 0.05) is 16.5 Å². The van der Waals surface area contributed by atoms with Gasteiger partial charge in [-0.25, -0.2) is 4.79 Å². The first-order valence-electron chi connectivity index (χ1n) is 9.65. The summed E-state index contributed by atoms with van der Waals surface area (Å²) in [6.45, 7) is 5.59. The SMILES string of the molecule is Cc1ccc(-n2c(C(=O)O)cc3sc(-c4ccc(OC(C)C)cc4)cc32)cc1[N+](=O)[O-]. The summed E-state index contributed by atoms with van der Waals surface area (Å²) in [6.07, 6.45) is 0.0862. The number of thiophene rings is 1. The van der Waals surface area contributed by atoms with Crippen LogP contribution < -0.4 is 4.74 Å². The molecule has 0 saturated heterocycles. The van der Waals surface area contributed by atoms with Crippen LogP contribution in [-0.4, -0.2) is 26.7 Å². The van der Waals surface area contributed by atoms with Gasteiger partial charge in [-0.1, -0.05) is 6.07 Å². The van der Waals surface area contributed by atoms with Gasteiger partial charge in [-0.3, -0.25) is 10.1 Å². The van der Waals surface area contributed by atoms with Crippen molar-refractivity contribution >= 4 is 33.2 Å². The van der Waals surface area contributed by atoms with Gasteiger partial charge in [0.2, 0.25) is 0 Å². The van der Waals surface area contributed by atoms with Crippen LogP contribution >= 0.6 is 11.3 Å². The van der Waals surface area contributed by atoms with Crippen LogP contribution in [0.15, 0.2) is 54.6 Å². The lowest BCUT2D eigenvalue weighted by atomic mass is 10.1. The third kappa shape index (κ3) is 3.89. The fraction of sp³-hybridized carbons (Fsp3) is 0.174. The summed E-state index contributed by atoms with van der Waals surface area (Å²) in [7, 11) is 0. The molecule has 2 aromatic carbocycles. The molecule has 0 aliphatic rings. The largest absolute Gasteiger partial charge is 0.491 e.